The zero-order valence-electron chi connectivity index (χ0n) is 11.7. The first kappa shape index (κ1) is 14.8. The van der Waals surface area contributed by atoms with Crippen LogP contribution in [0.2, 0.25) is 0 Å². The molecule has 20 heavy (non-hydrogen) atoms. The molecule has 1 aromatic rings. The van der Waals surface area contributed by atoms with Gasteiger partial charge in [0.25, 0.3) is 0 Å². The Labute approximate surface area is 120 Å². The largest absolute Gasteiger partial charge is 0.459 e. The van der Waals surface area contributed by atoms with Crippen LogP contribution in [0.3, 0.4) is 0 Å². The van der Waals surface area contributed by atoms with E-state index in [1.165, 1.54) is 11.6 Å². The average Bonchev–Trinajstić information content (AvgIpc) is 2.45. The van der Waals surface area contributed by atoms with E-state index in [4.69, 9.17) is 4.74 Å². The van der Waals surface area contributed by atoms with Crippen molar-refractivity contribution in [3.63, 3.8) is 0 Å². The Kier molecular flexibility index (Phi) is 5.81. The maximum absolute atomic E-state index is 11.1. The van der Waals surface area contributed by atoms with Crippen LogP contribution in [0.15, 0.2) is 42.5 Å². The van der Waals surface area contributed by atoms with Gasteiger partial charge in [0.2, 0.25) is 0 Å². The first-order valence-electron chi connectivity index (χ1n) is 7.33. The van der Waals surface area contributed by atoms with Crippen LogP contribution in [0.25, 0.3) is 0 Å². The van der Waals surface area contributed by atoms with Crippen molar-refractivity contribution in [2.75, 3.05) is 0 Å². The summed E-state index contributed by atoms with van der Waals surface area (Å²) >= 11 is 0. The third-order valence-electron chi connectivity index (χ3n) is 3.57. The van der Waals surface area contributed by atoms with Gasteiger partial charge >= 0.3 is 5.97 Å². The number of esters is 1. The van der Waals surface area contributed by atoms with Gasteiger partial charge in [0.15, 0.2) is 0 Å². The van der Waals surface area contributed by atoms with Crippen LogP contribution in [0.1, 0.15) is 37.7 Å². The van der Waals surface area contributed by atoms with Crippen molar-refractivity contribution in [2.24, 2.45) is 0 Å². The minimum Gasteiger partial charge on any atom is -0.459 e. The van der Waals surface area contributed by atoms with E-state index in [9.17, 15) is 9.90 Å². The number of unbranched alkanes of at least 4 members (excludes halogenated alkanes) is 1. The van der Waals surface area contributed by atoms with Crippen LogP contribution in [0.4, 0.5) is 0 Å². The highest BCUT2D eigenvalue weighted by molar-refractivity contribution is 5.82. The smallest absolute Gasteiger partial charge is 0.330 e. The lowest BCUT2D eigenvalue weighted by Crippen LogP contribution is -2.25. The first-order valence-corrected chi connectivity index (χ1v) is 7.33. The van der Waals surface area contributed by atoms with Gasteiger partial charge in [0.1, 0.15) is 6.10 Å². The molecular formula is C17H22O3. The van der Waals surface area contributed by atoms with Gasteiger partial charge in [0, 0.05) is 18.9 Å². The maximum atomic E-state index is 11.1. The van der Waals surface area contributed by atoms with Gasteiger partial charge in [-0.1, -0.05) is 42.8 Å². The predicted molar refractivity (Wildman–Crippen MR) is 78.3 cm³/mol. The number of aliphatic hydroxyl groups excluding tert-OH is 1. The zero-order valence-corrected chi connectivity index (χ0v) is 11.7. The summed E-state index contributed by atoms with van der Waals surface area (Å²) in [6.07, 6.45) is 7.87. The third kappa shape index (κ3) is 5.17. The molecule has 0 aromatic heterocycles. The molecule has 0 spiro atoms. The molecule has 0 saturated heterocycles. The third-order valence-corrected chi connectivity index (χ3v) is 3.57. The summed E-state index contributed by atoms with van der Waals surface area (Å²) in [6.45, 7) is 0. The molecule has 1 aliphatic rings. The van der Waals surface area contributed by atoms with Gasteiger partial charge in [0.05, 0.1) is 6.10 Å². The van der Waals surface area contributed by atoms with E-state index >= 15 is 0 Å². The second kappa shape index (κ2) is 7.85. The lowest BCUT2D eigenvalue weighted by Gasteiger charge is -2.21. The van der Waals surface area contributed by atoms with E-state index in [1.54, 1.807) is 0 Å². The number of carbonyl (C=O) groups excluding carboxylic acids is 1. The van der Waals surface area contributed by atoms with Crippen molar-refractivity contribution < 1.29 is 14.6 Å². The molecule has 108 valence electrons. The SMILES string of the molecule is O=C1C=CC[C@@H](C[C@@H](O)CCCCc2ccccc2)O1. The number of aliphatic hydroxyl groups is 1. The highest BCUT2D eigenvalue weighted by Crippen LogP contribution is 2.16. The molecule has 0 amide bonds. The number of aryl methyl sites for hydroxylation is 1. The molecule has 3 nitrogen and oxygen atoms in total. The number of cyclic esters (lactones) is 1. The van der Waals surface area contributed by atoms with Gasteiger partial charge in [-0.3, -0.25) is 0 Å². The molecule has 1 N–H and O–H groups in total. The monoisotopic (exact) mass is 274 g/mol. The number of ether oxygens (including phenoxy) is 1. The Morgan fingerprint density at radius 2 is 2.05 bits per heavy atom. The summed E-state index contributed by atoms with van der Waals surface area (Å²) < 4.78 is 5.15. The van der Waals surface area contributed by atoms with Gasteiger partial charge in [-0.15, -0.1) is 0 Å². The van der Waals surface area contributed by atoms with Crippen molar-refractivity contribution in [1.82, 2.24) is 0 Å². The van der Waals surface area contributed by atoms with Crippen LogP contribution < -0.4 is 0 Å². The summed E-state index contributed by atoms with van der Waals surface area (Å²) in [5.41, 5.74) is 1.34. The molecular weight excluding hydrogens is 252 g/mol. The Morgan fingerprint density at radius 3 is 2.80 bits per heavy atom. The van der Waals surface area contributed by atoms with E-state index in [0.717, 1.165) is 25.7 Å². The van der Waals surface area contributed by atoms with Gasteiger partial charge in [-0.25, -0.2) is 4.79 Å². The summed E-state index contributed by atoms with van der Waals surface area (Å²) in [7, 11) is 0. The van der Waals surface area contributed by atoms with Crippen LogP contribution in [0.5, 0.6) is 0 Å². The van der Waals surface area contributed by atoms with Crippen molar-refractivity contribution in [1.29, 1.82) is 0 Å². The molecule has 0 unspecified atom stereocenters. The van der Waals surface area contributed by atoms with Gasteiger partial charge in [-0.2, -0.15) is 0 Å². The predicted octanol–water partition coefficient (Wildman–Crippen LogP) is 3.02. The molecule has 1 aromatic carbocycles. The minimum atomic E-state index is -0.380. The maximum Gasteiger partial charge on any atom is 0.330 e. The molecule has 0 saturated carbocycles. The topological polar surface area (TPSA) is 46.5 Å². The van der Waals surface area contributed by atoms with E-state index in [-0.39, 0.29) is 18.2 Å². The van der Waals surface area contributed by atoms with Gasteiger partial charge < -0.3 is 9.84 Å². The summed E-state index contributed by atoms with van der Waals surface area (Å²) in [6, 6.07) is 10.4. The fraction of sp³-hybridized carbons (Fsp3) is 0.471. The molecule has 3 heteroatoms. The zero-order chi connectivity index (χ0) is 14.2. The standard InChI is InChI=1S/C17H22O3/c18-15(13-16-11-6-12-17(19)20-16)10-5-4-9-14-7-2-1-3-8-14/h1-3,6-8,12,15-16,18H,4-5,9-11,13H2/t15-,16-/m0/s1. The average molecular weight is 274 g/mol. The van der Waals surface area contributed by atoms with Crippen LogP contribution in [0, 0.1) is 0 Å². The first-order chi connectivity index (χ1) is 9.74. The summed E-state index contributed by atoms with van der Waals surface area (Å²) in [5, 5.41) is 9.97. The Balaban J connectivity index is 1.59. The van der Waals surface area contributed by atoms with Crippen LogP contribution in [-0.2, 0) is 16.0 Å². The Morgan fingerprint density at radius 1 is 1.25 bits per heavy atom. The van der Waals surface area contributed by atoms with E-state index in [2.05, 4.69) is 24.3 Å². The second-order valence-electron chi connectivity index (χ2n) is 5.32. The number of hydrogen-bond donors (Lipinski definition) is 1. The Hall–Kier alpha value is -1.61. The molecule has 2 rings (SSSR count). The molecule has 1 heterocycles. The van der Waals surface area contributed by atoms with E-state index in [1.807, 2.05) is 12.1 Å². The normalized spacial score (nSPS) is 19.6. The Bertz CT molecular complexity index is 439. The molecule has 1 aliphatic heterocycles. The molecule has 0 fully saturated rings. The molecule has 0 aliphatic carbocycles. The van der Waals surface area contributed by atoms with Crippen molar-refractivity contribution in [3.05, 3.63) is 48.0 Å². The fourth-order valence-electron chi connectivity index (χ4n) is 2.49. The quantitative estimate of drug-likeness (QED) is 0.614. The van der Waals surface area contributed by atoms with Crippen LogP contribution >= 0.6 is 0 Å². The molecule has 2 atom stereocenters. The van der Waals surface area contributed by atoms with Crippen molar-refractivity contribution in [3.8, 4) is 0 Å². The van der Waals surface area contributed by atoms with E-state index in [0.29, 0.717) is 12.8 Å². The minimum absolute atomic E-state index is 0.156. The summed E-state index contributed by atoms with van der Waals surface area (Å²) in [5.74, 6) is -0.294. The highest BCUT2D eigenvalue weighted by Gasteiger charge is 2.19. The second-order valence-corrected chi connectivity index (χ2v) is 5.32. The fourth-order valence-corrected chi connectivity index (χ4v) is 2.49. The molecule has 0 radical (unpaired) electrons. The number of rotatable bonds is 7. The summed E-state index contributed by atoms with van der Waals surface area (Å²) in [4.78, 5) is 11.1. The lowest BCUT2D eigenvalue weighted by molar-refractivity contribution is -0.145. The van der Waals surface area contributed by atoms with Crippen LogP contribution in [-0.4, -0.2) is 23.3 Å². The van der Waals surface area contributed by atoms with E-state index < -0.39 is 0 Å². The molecule has 0 bridgehead atoms. The number of hydrogen-bond acceptors (Lipinski definition) is 3. The number of carbonyl (C=O) groups is 1. The van der Waals surface area contributed by atoms with Gasteiger partial charge in [-0.05, 0) is 24.8 Å². The van der Waals surface area contributed by atoms with Crippen molar-refractivity contribution >= 4 is 5.97 Å². The lowest BCUT2D eigenvalue weighted by atomic mass is 10.0. The number of benzene rings is 1. The van der Waals surface area contributed by atoms with Crippen molar-refractivity contribution in [2.45, 2.75) is 50.7 Å². The highest BCUT2D eigenvalue weighted by atomic mass is 16.5.